The maximum atomic E-state index is 11.6. The maximum absolute atomic E-state index is 11.6. The molecule has 0 spiro atoms. The molecule has 0 radical (unpaired) electrons. The number of para-hydroxylation sites is 1. The van der Waals surface area contributed by atoms with E-state index in [-0.39, 0.29) is 5.92 Å². The van der Waals surface area contributed by atoms with Crippen molar-refractivity contribution in [2.24, 2.45) is 7.05 Å². The van der Waals surface area contributed by atoms with E-state index >= 15 is 0 Å². The fraction of sp³-hybridized carbons (Fsp3) is 0.176. The van der Waals surface area contributed by atoms with Gasteiger partial charge in [-0.2, -0.15) is 0 Å². The fourth-order valence-corrected chi connectivity index (χ4v) is 2.97. The highest BCUT2D eigenvalue weighted by Crippen LogP contribution is 2.36. The molecule has 1 unspecified atom stereocenters. The van der Waals surface area contributed by atoms with Crippen molar-refractivity contribution in [1.82, 2.24) is 9.47 Å². The number of carbonyl (C=O) groups excluding carboxylic acids is 2. The van der Waals surface area contributed by atoms with Crippen LogP contribution in [0.2, 0.25) is 0 Å². The van der Waals surface area contributed by atoms with E-state index in [0.29, 0.717) is 11.3 Å². The van der Waals surface area contributed by atoms with Crippen LogP contribution in [0, 0.1) is 0 Å². The first-order chi connectivity index (χ1) is 10.2. The van der Waals surface area contributed by atoms with E-state index in [9.17, 15) is 9.59 Å². The van der Waals surface area contributed by atoms with Crippen LogP contribution in [0.4, 0.5) is 0 Å². The van der Waals surface area contributed by atoms with Gasteiger partial charge >= 0.3 is 0 Å². The zero-order chi connectivity index (χ0) is 15.0. The number of rotatable bonds is 3. The Balaban J connectivity index is 2.29. The number of allylic oxidation sites excluding steroid dienone is 2. The first-order valence-corrected chi connectivity index (χ1v) is 6.77. The molecule has 1 aromatic carbocycles. The van der Waals surface area contributed by atoms with Crippen LogP contribution in [0.1, 0.15) is 22.0 Å². The van der Waals surface area contributed by atoms with Gasteiger partial charge in [-0.25, -0.2) is 0 Å². The van der Waals surface area contributed by atoms with Gasteiger partial charge in [0, 0.05) is 48.9 Å². The van der Waals surface area contributed by atoms with Gasteiger partial charge in [0.15, 0.2) is 6.29 Å². The Kier molecular flexibility index (Phi) is 3.22. The summed E-state index contributed by atoms with van der Waals surface area (Å²) in [5.74, 6) is -0.190. The molecule has 0 bridgehead atoms. The quantitative estimate of drug-likeness (QED) is 0.812. The number of nitrogens with zero attached hydrogens (tertiary/aromatic N) is 2. The Hall–Kier alpha value is -2.62. The van der Waals surface area contributed by atoms with Crippen molar-refractivity contribution in [2.75, 3.05) is 7.05 Å². The minimum absolute atomic E-state index is 0.190. The summed E-state index contributed by atoms with van der Waals surface area (Å²) >= 11 is 0. The van der Waals surface area contributed by atoms with Crippen LogP contribution >= 0.6 is 0 Å². The zero-order valence-electron chi connectivity index (χ0n) is 12.0. The Labute approximate surface area is 123 Å². The number of benzene rings is 1. The minimum Gasteiger partial charge on any atom is -0.357 e. The summed E-state index contributed by atoms with van der Waals surface area (Å²) in [6.45, 7) is 0. The summed E-state index contributed by atoms with van der Waals surface area (Å²) < 4.78 is 1.88. The van der Waals surface area contributed by atoms with Crippen LogP contribution in [0.25, 0.3) is 10.9 Å². The third-order valence-corrected chi connectivity index (χ3v) is 3.98. The Morgan fingerprint density at radius 1 is 1.10 bits per heavy atom. The molecule has 1 aliphatic rings. The van der Waals surface area contributed by atoms with Gasteiger partial charge in [-0.15, -0.1) is 0 Å². The van der Waals surface area contributed by atoms with Crippen LogP contribution < -0.4 is 0 Å². The second kappa shape index (κ2) is 5.05. The Morgan fingerprint density at radius 2 is 1.86 bits per heavy atom. The van der Waals surface area contributed by atoms with Crippen LogP contribution in [0.15, 0.2) is 48.3 Å². The van der Waals surface area contributed by atoms with Crippen molar-refractivity contribution in [3.8, 4) is 0 Å². The lowest BCUT2D eigenvalue weighted by atomic mass is 9.88. The molecule has 2 heterocycles. The first kappa shape index (κ1) is 13.4. The molecule has 3 rings (SSSR count). The van der Waals surface area contributed by atoms with Gasteiger partial charge in [0.2, 0.25) is 0 Å². The molecule has 0 saturated heterocycles. The molecule has 0 N–H and O–H groups in total. The molecule has 21 heavy (non-hydrogen) atoms. The highest BCUT2D eigenvalue weighted by atomic mass is 16.1. The van der Waals surface area contributed by atoms with Crippen molar-refractivity contribution in [3.63, 3.8) is 0 Å². The third kappa shape index (κ3) is 2.00. The molecule has 2 aromatic rings. The van der Waals surface area contributed by atoms with Gasteiger partial charge in [-0.05, 0) is 11.6 Å². The summed E-state index contributed by atoms with van der Waals surface area (Å²) in [5, 5.41) is 1.01. The van der Waals surface area contributed by atoms with Crippen molar-refractivity contribution < 1.29 is 9.59 Å². The van der Waals surface area contributed by atoms with Gasteiger partial charge in [0.1, 0.15) is 6.29 Å². The molecule has 0 amide bonds. The SMILES string of the molecule is CN1C=CC(c2c(C=O)n(C)c3ccccc23)C(C=O)=C1. The molecule has 1 atom stereocenters. The minimum atomic E-state index is -0.190. The van der Waals surface area contributed by atoms with E-state index in [1.807, 2.05) is 60.1 Å². The van der Waals surface area contributed by atoms with Crippen LogP contribution in [0.3, 0.4) is 0 Å². The maximum Gasteiger partial charge on any atom is 0.166 e. The molecular formula is C17H16N2O2. The predicted octanol–water partition coefficient (Wildman–Crippen LogP) is 2.62. The molecule has 106 valence electrons. The van der Waals surface area contributed by atoms with E-state index in [1.54, 1.807) is 6.20 Å². The second-order valence-corrected chi connectivity index (χ2v) is 5.22. The average molecular weight is 280 g/mol. The zero-order valence-corrected chi connectivity index (χ0v) is 12.0. The predicted molar refractivity (Wildman–Crippen MR) is 82.1 cm³/mol. The lowest BCUT2D eigenvalue weighted by molar-refractivity contribution is -0.105. The van der Waals surface area contributed by atoms with E-state index in [2.05, 4.69) is 0 Å². The lowest BCUT2D eigenvalue weighted by Gasteiger charge is -2.22. The molecule has 0 saturated carbocycles. The lowest BCUT2D eigenvalue weighted by Crippen LogP contribution is -2.14. The molecule has 0 aliphatic carbocycles. The molecule has 1 aliphatic heterocycles. The smallest absolute Gasteiger partial charge is 0.166 e. The molecule has 4 heteroatoms. The largest absolute Gasteiger partial charge is 0.357 e. The monoisotopic (exact) mass is 280 g/mol. The summed E-state index contributed by atoms with van der Waals surface area (Å²) in [5.41, 5.74) is 3.15. The highest BCUT2D eigenvalue weighted by molar-refractivity contribution is 5.96. The number of fused-ring (bicyclic) bond motifs is 1. The number of aromatic nitrogens is 1. The summed E-state index contributed by atoms with van der Waals surface area (Å²) in [7, 11) is 3.75. The summed E-state index contributed by atoms with van der Waals surface area (Å²) in [6, 6.07) is 7.87. The highest BCUT2D eigenvalue weighted by Gasteiger charge is 2.25. The average Bonchev–Trinajstić information content (AvgIpc) is 2.80. The van der Waals surface area contributed by atoms with E-state index in [1.165, 1.54) is 0 Å². The van der Waals surface area contributed by atoms with E-state index < -0.39 is 0 Å². The van der Waals surface area contributed by atoms with Gasteiger partial charge in [0.25, 0.3) is 0 Å². The Bertz CT molecular complexity index is 783. The third-order valence-electron chi connectivity index (χ3n) is 3.98. The standard InChI is InChI=1S/C17H16N2O2/c1-18-8-7-13(12(9-18)10-20)17-14-5-3-4-6-15(14)19(2)16(17)11-21/h3-11,13H,1-2H3. The molecule has 1 aromatic heterocycles. The van der Waals surface area contributed by atoms with Crippen molar-refractivity contribution in [1.29, 1.82) is 0 Å². The van der Waals surface area contributed by atoms with Crippen molar-refractivity contribution >= 4 is 23.5 Å². The van der Waals surface area contributed by atoms with Crippen molar-refractivity contribution in [3.05, 3.63) is 59.6 Å². The number of aldehydes is 2. The topological polar surface area (TPSA) is 42.3 Å². The van der Waals surface area contributed by atoms with E-state index in [0.717, 1.165) is 29.0 Å². The van der Waals surface area contributed by atoms with Gasteiger partial charge in [0.05, 0.1) is 5.69 Å². The van der Waals surface area contributed by atoms with Crippen LogP contribution in [-0.4, -0.2) is 29.1 Å². The van der Waals surface area contributed by atoms with Gasteiger partial charge in [-0.3, -0.25) is 9.59 Å². The number of aryl methyl sites for hydroxylation is 1. The van der Waals surface area contributed by atoms with E-state index in [4.69, 9.17) is 0 Å². The second-order valence-electron chi connectivity index (χ2n) is 5.22. The number of carbonyl (C=O) groups is 2. The molecule has 4 nitrogen and oxygen atoms in total. The van der Waals surface area contributed by atoms with Gasteiger partial charge < -0.3 is 9.47 Å². The van der Waals surface area contributed by atoms with Crippen molar-refractivity contribution in [2.45, 2.75) is 5.92 Å². The van der Waals surface area contributed by atoms with Crippen LogP contribution in [-0.2, 0) is 11.8 Å². The normalized spacial score (nSPS) is 17.9. The molecular weight excluding hydrogens is 264 g/mol. The number of hydrogen-bond donors (Lipinski definition) is 0. The van der Waals surface area contributed by atoms with Crippen LogP contribution in [0.5, 0.6) is 0 Å². The molecule has 0 fully saturated rings. The number of hydrogen-bond acceptors (Lipinski definition) is 3. The first-order valence-electron chi connectivity index (χ1n) is 6.77. The fourth-order valence-electron chi connectivity index (χ4n) is 2.97. The van der Waals surface area contributed by atoms with Gasteiger partial charge in [-0.1, -0.05) is 24.3 Å². The Morgan fingerprint density at radius 3 is 2.57 bits per heavy atom. The summed E-state index contributed by atoms with van der Waals surface area (Å²) in [6.07, 6.45) is 7.39. The summed E-state index contributed by atoms with van der Waals surface area (Å²) in [4.78, 5) is 24.8.